The van der Waals surface area contributed by atoms with E-state index in [4.69, 9.17) is 4.74 Å². The lowest BCUT2D eigenvalue weighted by Gasteiger charge is -2.32. The molecule has 5 nitrogen and oxygen atoms in total. The van der Waals surface area contributed by atoms with Gasteiger partial charge in [0.2, 0.25) is 11.8 Å². The smallest absolute Gasteiger partial charge is 0.230 e. The summed E-state index contributed by atoms with van der Waals surface area (Å²) in [6, 6.07) is 18.9. The number of nitrogens with zero attached hydrogens (tertiary/aromatic N) is 2. The van der Waals surface area contributed by atoms with Crippen LogP contribution in [0.25, 0.3) is 11.1 Å². The quantitative estimate of drug-likeness (QED) is 0.685. The molecule has 2 saturated heterocycles. The first-order valence-electron chi connectivity index (χ1n) is 11.3. The summed E-state index contributed by atoms with van der Waals surface area (Å²) in [7, 11) is 1.61. The summed E-state index contributed by atoms with van der Waals surface area (Å²) >= 11 is 0. The predicted octanol–water partition coefficient (Wildman–Crippen LogP) is 3.77. The fraction of sp³-hybridized carbons (Fsp3) is 0.462. The zero-order valence-corrected chi connectivity index (χ0v) is 18.4. The van der Waals surface area contributed by atoms with Gasteiger partial charge in [-0.1, -0.05) is 54.6 Å². The highest BCUT2D eigenvalue weighted by Gasteiger charge is 2.47. The van der Waals surface area contributed by atoms with Crippen molar-refractivity contribution in [2.24, 2.45) is 5.41 Å². The number of ether oxygens (including phenoxy) is 1. The van der Waals surface area contributed by atoms with Crippen molar-refractivity contribution in [2.75, 3.05) is 39.9 Å². The van der Waals surface area contributed by atoms with Crippen LogP contribution in [0, 0.1) is 5.41 Å². The molecule has 0 aromatic heterocycles. The van der Waals surface area contributed by atoms with Gasteiger partial charge in [0.05, 0.1) is 18.4 Å². The second-order valence-electron chi connectivity index (χ2n) is 8.83. The number of methoxy groups -OCH3 is 1. The average Bonchev–Trinajstić information content (AvgIpc) is 3.49. The maximum atomic E-state index is 13.6. The molecule has 0 aliphatic carbocycles. The molecule has 1 atom stereocenters. The van der Waals surface area contributed by atoms with E-state index in [1.165, 1.54) is 11.1 Å². The fourth-order valence-corrected chi connectivity index (χ4v) is 4.92. The highest BCUT2D eigenvalue weighted by molar-refractivity contribution is 5.86. The Balaban J connectivity index is 1.54. The van der Waals surface area contributed by atoms with Crippen LogP contribution in [0.4, 0.5) is 0 Å². The molecular weight excluding hydrogens is 388 g/mol. The van der Waals surface area contributed by atoms with E-state index in [9.17, 15) is 9.59 Å². The minimum Gasteiger partial charge on any atom is -0.384 e. The van der Waals surface area contributed by atoms with Crippen molar-refractivity contribution in [1.29, 1.82) is 0 Å². The minimum atomic E-state index is -0.526. The molecule has 5 heteroatoms. The van der Waals surface area contributed by atoms with Gasteiger partial charge in [0.15, 0.2) is 0 Å². The van der Waals surface area contributed by atoms with E-state index in [0.29, 0.717) is 32.5 Å². The Bertz CT molecular complexity index is 891. The third kappa shape index (κ3) is 4.82. The zero-order valence-electron chi connectivity index (χ0n) is 18.4. The van der Waals surface area contributed by atoms with E-state index in [0.717, 1.165) is 37.9 Å². The lowest BCUT2D eigenvalue weighted by molar-refractivity contribution is -0.141. The second-order valence-corrected chi connectivity index (χ2v) is 8.83. The van der Waals surface area contributed by atoms with E-state index >= 15 is 0 Å². The number of hydrogen-bond acceptors (Lipinski definition) is 3. The molecule has 0 radical (unpaired) electrons. The summed E-state index contributed by atoms with van der Waals surface area (Å²) in [6.45, 7) is 3.25. The van der Waals surface area contributed by atoms with Crippen LogP contribution >= 0.6 is 0 Å². The summed E-state index contributed by atoms with van der Waals surface area (Å²) in [5.74, 6) is 0.302. The van der Waals surface area contributed by atoms with Crippen LogP contribution in [0.1, 0.15) is 31.2 Å². The summed E-state index contributed by atoms with van der Waals surface area (Å²) in [5, 5.41) is 0. The normalized spacial score (nSPS) is 20.9. The Morgan fingerprint density at radius 3 is 2.26 bits per heavy atom. The molecule has 2 aromatic rings. The van der Waals surface area contributed by atoms with Crippen LogP contribution in [-0.4, -0.2) is 61.5 Å². The minimum absolute atomic E-state index is 0.0809. The molecule has 2 aliphatic heterocycles. The van der Waals surface area contributed by atoms with Crippen molar-refractivity contribution in [2.45, 2.75) is 32.1 Å². The molecule has 1 unspecified atom stereocenters. The topological polar surface area (TPSA) is 49.9 Å². The molecule has 0 N–H and O–H groups in total. The molecule has 0 saturated carbocycles. The third-order valence-electron chi connectivity index (χ3n) is 6.68. The van der Waals surface area contributed by atoms with Gasteiger partial charge in [-0.25, -0.2) is 0 Å². The Morgan fingerprint density at radius 2 is 1.58 bits per heavy atom. The van der Waals surface area contributed by atoms with Crippen LogP contribution < -0.4 is 0 Å². The molecule has 2 aliphatic rings. The van der Waals surface area contributed by atoms with Gasteiger partial charge < -0.3 is 14.5 Å². The van der Waals surface area contributed by atoms with Gasteiger partial charge in [-0.15, -0.1) is 0 Å². The highest BCUT2D eigenvalue weighted by atomic mass is 16.5. The van der Waals surface area contributed by atoms with Gasteiger partial charge in [-0.05, 0) is 42.4 Å². The number of benzene rings is 2. The summed E-state index contributed by atoms with van der Waals surface area (Å²) in [4.78, 5) is 30.1. The van der Waals surface area contributed by atoms with Crippen molar-refractivity contribution in [3.05, 3.63) is 60.2 Å². The number of carbonyl (C=O) groups is 2. The van der Waals surface area contributed by atoms with Gasteiger partial charge in [0.25, 0.3) is 0 Å². The molecule has 0 bridgehead atoms. The number of carbonyl (C=O) groups excluding carboxylic acids is 2. The number of rotatable bonds is 7. The van der Waals surface area contributed by atoms with Gasteiger partial charge in [-0.3, -0.25) is 9.59 Å². The van der Waals surface area contributed by atoms with Crippen molar-refractivity contribution >= 4 is 11.8 Å². The van der Waals surface area contributed by atoms with E-state index in [1.807, 2.05) is 28.0 Å². The Kier molecular flexibility index (Phi) is 6.71. The van der Waals surface area contributed by atoms with Gasteiger partial charge in [0.1, 0.15) is 0 Å². The zero-order chi connectivity index (χ0) is 21.7. The van der Waals surface area contributed by atoms with Crippen LogP contribution in [-0.2, 0) is 20.7 Å². The second kappa shape index (κ2) is 9.65. The van der Waals surface area contributed by atoms with E-state index < -0.39 is 5.41 Å². The van der Waals surface area contributed by atoms with Crippen molar-refractivity contribution in [3.63, 3.8) is 0 Å². The number of amides is 2. The lowest BCUT2D eigenvalue weighted by Crippen LogP contribution is -2.46. The van der Waals surface area contributed by atoms with Crippen molar-refractivity contribution in [1.82, 2.24) is 9.80 Å². The molecule has 2 heterocycles. The van der Waals surface area contributed by atoms with Gasteiger partial charge in [-0.2, -0.15) is 0 Å². The SMILES string of the molecule is COCCC(=O)N1CCC(Cc2ccc(-c3ccccc3)cc2)(C(=O)N2CCCC2)C1. The predicted molar refractivity (Wildman–Crippen MR) is 122 cm³/mol. The van der Waals surface area contributed by atoms with Gasteiger partial charge in [0, 0.05) is 33.3 Å². The van der Waals surface area contributed by atoms with Crippen LogP contribution in [0.3, 0.4) is 0 Å². The summed E-state index contributed by atoms with van der Waals surface area (Å²) in [5.41, 5.74) is 2.99. The lowest BCUT2D eigenvalue weighted by atomic mass is 9.79. The first-order valence-corrected chi connectivity index (χ1v) is 11.3. The van der Waals surface area contributed by atoms with Crippen LogP contribution in [0.2, 0.25) is 0 Å². The molecule has 164 valence electrons. The molecular formula is C26H32N2O3. The molecule has 4 rings (SSSR count). The molecule has 2 aromatic carbocycles. The first-order chi connectivity index (χ1) is 15.1. The number of likely N-dealkylation sites (tertiary alicyclic amines) is 2. The summed E-state index contributed by atoms with van der Waals surface area (Å²) < 4.78 is 5.07. The Hall–Kier alpha value is -2.66. The number of hydrogen-bond donors (Lipinski definition) is 0. The van der Waals surface area contributed by atoms with Gasteiger partial charge >= 0.3 is 0 Å². The largest absolute Gasteiger partial charge is 0.384 e. The van der Waals surface area contributed by atoms with E-state index in [1.54, 1.807) is 7.11 Å². The molecule has 0 spiro atoms. The van der Waals surface area contributed by atoms with Crippen molar-refractivity contribution < 1.29 is 14.3 Å². The van der Waals surface area contributed by atoms with E-state index in [2.05, 4.69) is 36.4 Å². The molecule has 31 heavy (non-hydrogen) atoms. The van der Waals surface area contributed by atoms with E-state index in [-0.39, 0.29) is 11.8 Å². The summed E-state index contributed by atoms with van der Waals surface area (Å²) in [6.07, 6.45) is 3.91. The molecule has 2 fully saturated rings. The highest BCUT2D eigenvalue weighted by Crippen LogP contribution is 2.38. The van der Waals surface area contributed by atoms with Crippen molar-refractivity contribution in [3.8, 4) is 11.1 Å². The van der Waals surface area contributed by atoms with Crippen LogP contribution in [0.15, 0.2) is 54.6 Å². The standard InChI is InChI=1S/C26H32N2O3/c1-31-18-13-24(29)28-17-14-26(20-28,25(30)27-15-5-6-16-27)19-21-9-11-23(12-10-21)22-7-3-2-4-8-22/h2-4,7-12H,5-6,13-20H2,1H3. The Morgan fingerprint density at radius 1 is 0.903 bits per heavy atom. The first kappa shape index (κ1) is 21.6. The maximum Gasteiger partial charge on any atom is 0.230 e. The van der Waals surface area contributed by atoms with Crippen LogP contribution in [0.5, 0.6) is 0 Å². The monoisotopic (exact) mass is 420 g/mol. The Labute approximate surface area is 185 Å². The fourth-order valence-electron chi connectivity index (χ4n) is 4.92. The average molecular weight is 421 g/mol. The maximum absolute atomic E-state index is 13.6. The molecule has 2 amide bonds. The third-order valence-corrected chi connectivity index (χ3v) is 6.68.